The molecule has 1 aliphatic rings. The van der Waals surface area contributed by atoms with Crippen molar-refractivity contribution in [3.05, 3.63) is 0 Å². The van der Waals surface area contributed by atoms with E-state index in [9.17, 15) is 52.7 Å². The molecular weight excluding hydrogens is 455 g/mol. The number of rotatable bonds is 8. The lowest BCUT2D eigenvalue weighted by molar-refractivity contribution is -0.382. The summed E-state index contributed by atoms with van der Waals surface area (Å²) in [5, 5.41) is -6.92. The molecule has 1 rings (SSSR count). The van der Waals surface area contributed by atoms with Gasteiger partial charge in [0.1, 0.15) is 5.78 Å². The summed E-state index contributed by atoms with van der Waals surface area (Å²) in [6.45, 7) is 0. The van der Waals surface area contributed by atoms with E-state index in [1.54, 1.807) is 0 Å². The standard InChI is InChI=1S/C13H17F9O4S2/c1-27(2,7-9(23)8-5-3-4-6-8)26-28(24,25)13(21,22)11(16,17)10(14,15)12(18,19)20/h8H,3-7H2,1-2H3. The highest BCUT2D eigenvalue weighted by molar-refractivity contribution is 8.32. The molecule has 0 unspecified atom stereocenters. The van der Waals surface area contributed by atoms with Crippen LogP contribution < -0.4 is 0 Å². The van der Waals surface area contributed by atoms with E-state index in [-0.39, 0.29) is 0 Å². The molecular formula is C13H17F9O4S2. The van der Waals surface area contributed by atoms with Crippen LogP contribution in [0.3, 0.4) is 0 Å². The highest BCUT2D eigenvalue weighted by atomic mass is 32.3. The summed E-state index contributed by atoms with van der Waals surface area (Å²) in [5.74, 6) is -16.6. The van der Waals surface area contributed by atoms with Crippen molar-refractivity contribution in [1.82, 2.24) is 0 Å². The molecule has 28 heavy (non-hydrogen) atoms. The van der Waals surface area contributed by atoms with Gasteiger partial charge in [0, 0.05) is 5.92 Å². The van der Waals surface area contributed by atoms with Crippen molar-refractivity contribution in [2.24, 2.45) is 5.92 Å². The van der Waals surface area contributed by atoms with Crippen LogP contribution in [0.5, 0.6) is 0 Å². The summed E-state index contributed by atoms with van der Waals surface area (Å²) in [6.07, 6.45) is -3.29. The molecule has 0 amide bonds. The van der Waals surface area contributed by atoms with E-state index in [1.165, 1.54) is 0 Å². The van der Waals surface area contributed by atoms with Crippen LogP contribution in [0.2, 0.25) is 0 Å². The first-order valence-corrected chi connectivity index (χ1v) is 11.5. The first-order valence-electron chi connectivity index (χ1n) is 7.59. The van der Waals surface area contributed by atoms with Gasteiger partial charge in [0.15, 0.2) is 0 Å². The Morgan fingerprint density at radius 3 is 1.71 bits per heavy atom. The van der Waals surface area contributed by atoms with E-state index in [2.05, 4.69) is 3.63 Å². The van der Waals surface area contributed by atoms with Gasteiger partial charge < -0.3 is 0 Å². The Morgan fingerprint density at radius 1 is 0.893 bits per heavy atom. The van der Waals surface area contributed by atoms with Crippen molar-refractivity contribution in [2.75, 3.05) is 18.3 Å². The molecule has 0 aliphatic heterocycles. The minimum atomic E-state index is -7.36. The third-order valence-electron chi connectivity index (χ3n) is 4.00. The highest BCUT2D eigenvalue weighted by Gasteiger charge is 2.86. The molecule has 168 valence electrons. The van der Waals surface area contributed by atoms with Crippen LogP contribution in [0.4, 0.5) is 39.5 Å². The zero-order valence-corrected chi connectivity index (χ0v) is 16.1. The molecule has 1 aliphatic carbocycles. The Kier molecular flexibility index (Phi) is 6.81. The summed E-state index contributed by atoms with van der Waals surface area (Å²) in [4.78, 5) is 12.0. The minimum Gasteiger partial charge on any atom is -0.298 e. The lowest BCUT2D eigenvalue weighted by Gasteiger charge is -2.36. The maximum atomic E-state index is 13.7. The Labute approximate surface area is 156 Å². The summed E-state index contributed by atoms with van der Waals surface area (Å²) in [7, 11) is -10.3. The monoisotopic (exact) mass is 472 g/mol. The molecule has 0 radical (unpaired) electrons. The highest BCUT2D eigenvalue weighted by Crippen LogP contribution is 2.57. The Bertz CT molecular complexity index is 695. The number of hydrogen-bond acceptors (Lipinski definition) is 4. The van der Waals surface area contributed by atoms with E-state index in [0.29, 0.717) is 25.7 Å². The summed E-state index contributed by atoms with van der Waals surface area (Å²) in [6, 6.07) is 0. The van der Waals surface area contributed by atoms with Crippen molar-refractivity contribution in [3.63, 3.8) is 0 Å². The number of halogens is 9. The van der Waals surface area contributed by atoms with Gasteiger partial charge in [0.25, 0.3) is 0 Å². The average Bonchev–Trinajstić information content (AvgIpc) is 2.97. The van der Waals surface area contributed by atoms with E-state index in [1.807, 2.05) is 0 Å². The lowest BCUT2D eigenvalue weighted by Crippen LogP contribution is -2.63. The van der Waals surface area contributed by atoms with Crippen LogP contribution in [-0.4, -0.2) is 55.7 Å². The molecule has 4 nitrogen and oxygen atoms in total. The van der Waals surface area contributed by atoms with Gasteiger partial charge in [-0.3, -0.25) is 4.79 Å². The molecule has 0 atom stereocenters. The van der Waals surface area contributed by atoms with Gasteiger partial charge in [-0.2, -0.15) is 47.9 Å². The third kappa shape index (κ3) is 4.55. The minimum absolute atomic E-state index is 0.438. The Morgan fingerprint density at radius 2 is 1.32 bits per heavy atom. The van der Waals surface area contributed by atoms with Gasteiger partial charge in [-0.25, -0.2) is 3.63 Å². The second-order valence-corrected chi connectivity index (χ2v) is 11.8. The van der Waals surface area contributed by atoms with Gasteiger partial charge in [0.05, 0.1) is 5.75 Å². The Balaban J connectivity index is 3.13. The molecule has 1 fully saturated rings. The second kappa shape index (κ2) is 7.52. The van der Waals surface area contributed by atoms with E-state index in [4.69, 9.17) is 0 Å². The van der Waals surface area contributed by atoms with E-state index >= 15 is 0 Å². The predicted octanol–water partition coefficient (Wildman–Crippen LogP) is 4.50. The smallest absolute Gasteiger partial charge is 0.298 e. The molecule has 15 heteroatoms. The van der Waals surface area contributed by atoms with Crippen molar-refractivity contribution < 1.29 is 56.4 Å². The molecule has 0 aromatic carbocycles. The zero-order chi connectivity index (χ0) is 22.4. The fraction of sp³-hybridized carbons (Fsp3) is 0.923. The van der Waals surface area contributed by atoms with Gasteiger partial charge in [-0.15, -0.1) is 10.3 Å². The van der Waals surface area contributed by atoms with Crippen LogP contribution in [0.15, 0.2) is 0 Å². The van der Waals surface area contributed by atoms with Crippen LogP contribution in [0, 0.1) is 5.92 Å². The fourth-order valence-electron chi connectivity index (χ4n) is 2.54. The summed E-state index contributed by atoms with van der Waals surface area (Å²) >= 11 is 0. The number of hydrogen-bond donors (Lipinski definition) is 0. The second-order valence-electron chi connectivity index (χ2n) is 6.71. The van der Waals surface area contributed by atoms with Crippen molar-refractivity contribution >= 4 is 26.2 Å². The van der Waals surface area contributed by atoms with Gasteiger partial charge >= 0.3 is 33.4 Å². The number of ketones is 1. The third-order valence-corrected chi connectivity index (χ3v) is 8.06. The zero-order valence-electron chi connectivity index (χ0n) is 14.5. The molecule has 0 aromatic heterocycles. The summed E-state index contributed by atoms with van der Waals surface area (Å²) < 4.78 is 143. The Hall–Kier alpha value is -0.700. The first kappa shape index (κ1) is 25.3. The maximum absolute atomic E-state index is 13.7. The number of Topliss-reactive ketones (excluding diaryl/α,β-unsaturated/α-hetero) is 1. The first-order chi connectivity index (χ1) is 12.2. The van der Waals surface area contributed by atoms with Crippen LogP contribution >= 0.6 is 10.3 Å². The number of alkyl halides is 9. The normalized spacial score (nSPS) is 19.1. The van der Waals surface area contributed by atoms with Crippen LogP contribution in [-0.2, 0) is 18.5 Å². The quantitative estimate of drug-likeness (QED) is 0.489. The SMILES string of the molecule is CS(C)(CC(=O)C1CCCC1)OS(=O)(=O)C(F)(F)C(F)(F)C(F)(F)C(F)(F)F. The van der Waals surface area contributed by atoms with Gasteiger partial charge in [-0.1, -0.05) is 12.8 Å². The van der Waals surface area contributed by atoms with Gasteiger partial charge in [-0.05, 0) is 25.4 Å². The lowest BCUT2D eigenvalue weighted by atomic mass is 10.0. The van der Waals surface area contributed by atoms with Crippen molar-refractivity contribution in [3.8, 4) is 0 Å². The predicted molar refractivity (Wildman–Crippen MR) is 82.2 cm³/mol. The van der Waals surface area contributed by atoms with E-state index in [0.717, 1.165) is 12.5 Å². The van der Waals surface area contributed by atoms with Gasteiger partial charge in [0.2, 0.25) is 0 Å². The molecule has 0 heterocycles. The van der Waals surface area contributed by atoms with Crippen molar-refractivity contribution in [1.29, 1.82) is 0 Å². The topological polar surface area (TPSA) is 60.4 Å². The molecule has 0 saturated heterocycles. The molecule has 0 bridgehead atoms. The number of carbonyl (C=O) groups excluding carboxylic acids is 1. The molecule has 1 saturated carbocycles. The average molecular weight is 472 g/mol. The van der Waals surface area contributed by atoms with E-state index < -0.39 is 61.2 Å². The number of carbonyl (C=O) groups is 1. The maximum Gasteiger partial charge on any atom is 0.460 e. The fourth-order valence-corrected chi connectivity index (χ4v) is 6.37. The molecule has 0 spiro atoms. The molecule has 0 N–H and O–H groups in total. The van der Waals surface area contributed by atoms with Crippen LogP contribution in [0.1, 0.15) is 25.7 Å². The van der Waals surface area contributed by atoms with Crippen molar-refractivity contribution in [2.45, 2.75) is 49.0 Å². The molecule has 0 aromatic rings. The largest absolute Gasteiger partial charge is 0.460 e. The summed E-state index contributed by atoms with van der Waals surface area (Å²) in [5.41, 5.74) is 0. The van der Waals surface area contributed by atoms with Crippen LogP contribution in [0.25, 0.3) is 0 Å².